The van der Waals surface area contributed by atoms with Gasteiger partial charge in [-0.15, -0.1) is 0 Å². The van der Waals surface area contributed by atoms with Crippen LogP contribution in [0.5, 0.6) is 5.75 Å². The number of phenolic OH excluding ortho intramolecular Hbond substituents is 1. The zero-order chi connectivity index (χ0) is 21.8. The van der Waals surface area contributed by atoms with Crippen LogP contribution in [0, 0.1) is 0 Å². The summed E-state index contributed by atoms with van der Waals surface area (Å²) in [6.07, 6.45) is -1.07. The molecule has 3 N–H and O–H groups in total. The van der Waals surface area contributed by atoms with Gasteiger partial charge in [0.2, 0.25) is 0 Å². The maximum absolute atomic E-state index is 11.2. The van der Waals surface area contributed by atoms with Crippen molar-refractivity contribution in [2.75, 3.05) is 26.2 Å². The summed E-state index contributed by atoms with van der Waals surface area (Å²) in [6, 6.07) is 27.5. The average molecular weight is 419 g/mol. The number of rotatable bonds is 6. The summed E-state index contributed by atoms with van der Waals surface area (Å²) in [5.74, 6) is 0.136. The molecular weight excluding hydrogens is 388 g/mol. The second-order valence-corrected chi connectivity index (χ2v) is 8.34. The Bertz CT molecular complexity index is 913. The van der Waals surface area contributed by atoms with Crippen molar-refractivity contribution >= 4 is 0 Å². The molecule has 1 aliphatic heterocycles. The lowest BCUT2D eigenvalue weighted by Gasteiger charge is -2.46. The van der Waals surface area contributed by atoms with Crippen molar-refractivity contribution in [3.8, 4) is 5.75 Å². The van der Waals surface area contributed by atoms with Gasteiger partial charge in [0.05, 0.1) is 6.04 Å². The molecule has 1 saturated heterocycles. The predicted octanol–water partition coefficient (Wildman–Crippen LogP) is 3.54. The summed E-state index contributed by atoms with van der Waals surface area (Å²) in [5.41, 5.74) is 1.67. The van der Waals surface area contributed by atoms with Gasteiger partial charge in [0.25, 0.3) is 0 Å². The first-order valence-electron chi connectivity index (χ1n) is 10.7. The van der Waals surface area contributed by atoms with E-state index >= 15 is 0 Å². The van der Waals surface area contributed by atoms with E-state index in [0.717, 1.165) is 13.1 Å². The minimum atomic E-state index is -1.40. The number of hydrogen-bond acceptors (Lipinski definition) is 5. The minimum absolute atomic E-state index is 0.136. The number of aromatic hydroxyl groups is 1. The summed E-state index contributed by atoms with van der Waals surface area (Å²) >= 11 is 0. The first kappa shape index (κ1) is 21.5. The van der Waals surface area contributed by atoms with Gasteiger partial charge in [-0.05, 0) is 35.7 Å². The first-order valence-corrected chi connectivity index (χ1v) is 10.7. The molecule has 0 spiro atoms. The van der Waals surface area contributed by atoms with Gasteiger partial charge >= 0.3 is 0 Å². The molecule has 3 aromatic rings. The zero-order valence-corrected chi connectivity index (χ0v) is 17.8. The number of benzene rings is 3. The van der Waals surface area contributed by atoms with Crippen molar-refractivity contribution in [1.82, 2.24) is 9.80 Å². The summed E-state index contributed by atoms with van der Waals surface area (Å²) in [7, 11) is 0. The normalized spacial score (nSPS) is 18.6. The van der Waals surface area contributed by atoms with Crippen LogP contribution in [0.1, 0.15) is 35.8 Å². The van der Waals surface area contributed by atoms with Crippen LogP contribution in [0.3, 0.4) is 0 Å². The summed E-state index contributed by atoms with van der Waals surface area (Å²) in [6.45, 7) is 4.47. The Labute approximate surface area is 183 Å². The fourth-order valence-electron chi connectivity index (χ4n) is 4.46. The molecule has 2 atom stereocenters. The number of piperazine rings is 1. The van der Waals surface area contributed by atoms with Crippen molar-refractivity contribution < 1.29 is 15.3 Å². The molecule has 0 radical (unpaired) electrons. The van der Waals surface area contributed by atoms with E-state index < -0.39 is 11.8 Å². The van der Waals surface area contributed by atoms with Gasteiger partial charge in [0, 0.05) is 26.2 Å². The lowest BCUT2D eigenvalue weighted by atomic mass is 9.95. The molecule has 1 aliphatic rings. The summed E-state index contributed by atoms with van der Waals surface area (Å²) < 4.78 is 0. The van der Waals surface area contributed by atoms with Gasteiger partial charge in [0.1, 0.15) is 17.6 Å². The van der Waals surface area contributed by atoms with E-state index in [1.165, 1.54) is 23.3 Å². The molecule has 0 bridgehead atoms. The average Bonchev–Trinajstić information content (AvgIpc) is 2.81. The Balaban J connectivity index is 1.50. The van der Waals surface area contributed by atoms with Gasteiger partial charge in [-0.1, -0.05) is 72.8 Å². The number of aliphatic hydroxyl groups is 2. The molecule has 5 nitrogen and oxygen atoms in total. The van der Waals surface area contributed by atoms with Crippen molar-refractivity contribution in [3.05, 3.63) is 102 Å². The van der Waals surface area contributed by atoms with Gasteiger partial charge < -0.3 is 15.3 Å². The molecule has 0 aliphatic carbocycles. The molecule has 0 amide bonds. The molecule has 31 heavy (non-hydrogen) atoms. The van der Waals surface area contributed by atoms with E-state index in [9.17, 15) is 15.3 Å². The molecule has 1 fully saturated rings. The summed E-state index contributed by atoms with van der Waals surface area (Å²) in [5, 5.41) is 31.5. The second kappa shape index (κ2) is 9.20. The highest BCUT2D eigenvalue weighted by Crippen LogP contribution is 2.34. The quantitative estimate of drug-likeness (QED) is 0.571. The standard InChI is InChI=1S/C26H30N2O3/c1-26(31,25(30)22-12-14-23(29)15-13-22)28-18-16-27(17-19-28)24(20-8-4-2-5-9-20)21-10-6-3-7-11-21/h2-15,24-25,29-31H,16-19H2,1H3/t25-,26-/m0/s1. The fraction of sp³-hybridized carbons (Fsp3) is 0.308. The SMILES string of the molecule is C[C@](O)([C@@H](O)c1ccc(O)cc1)N1CCN(C(c2ccccc2)c2ccccc2)CC1. The van der Waals surface area contributed by atoms with Crippen LogP contribution in [0.25, 0.3) is 0 Å². The second-order valence-electron chi connectivity index (χ2n) is 8.34. The van der Waals surface area contributed by atoms with Crippen molar-refractivity contribution in [1.29, 1.82) is 0 Å². The summed E-state index contributed by atoms with van der Waals surface area (Å²) in [4.78, 5) is 4.37. The van der Waals surface area contributed by atoms with Crippen LogP contribution in [0.15, 0.2) is 84.9 Å². The number of aliphatic hydroxyl groups excluding tert-OH is 1. The highest BCUT2D eigenvalue weighted by Gasteiger charge is 2.40. The number of phenols is 1. The largest absolute Gasteiger partial charge is 0.508 e. The smallest absolute Gasteiger partial charge is 0.146 e. The van der Waals surface area contributed by atoms with Crippen LogP contribution in [-0.2, 0) is 0 Å². The highest BCUT2D eigenvalue weighted by atomic mass is 16.4. The molecule has 3 aromatic carbocycles. The Morgan fingerprint density at radius 1 is 0.710 bits per heavy atom. The van der Waals surface area contributed by atoms with Gasteiger partial charge in [-0.3, -0.25) is 9.80 Å². The maximum Gasteiger partial charge on any atom is 0.146 e. The van der Waals surface area contributed by atoms with Gasteiger partial charge in [-0.25, -0.2) is 0 Å². The van der Waals surface area contributed by atoms with Crippen LogP contribution < -0.4 is 0 Å². The molecule has 1 heterocycles. The lowest BCUT2D eigenvalue weighted by Crippen LogP contribution is -2.58. The third-order valence-electron chi connectivity index (χ3n) is 6.28. The number of hydrogen-bond donors (Lipinski definition) is 3. The lowest BCUT2D eigenvalue weighted by molar-refractivity contribution is -0.180. The Morgan fingerprint density at radius 3 is 1.68 bits per heavy atom. The van der Waals surface area contributed by atoms with Crippen LogP contribution >= 0.6 is 0 Å². The Morgan fingerprint density at radius 2 is 1.19 bits per heavy atom. The molecule has 4 rings (SSSR count). The predicted molar refractivity (Wildman–Crippen MR) is 122 cm³/mol. The molecule has 5 heteroatoms. The highest BCUT2D eigenvalue weighted by molar-refractivity contribution is 5.32. The van der Waals surface area contributed by atoms with Gasteiger partial charge in [-0.2, -0.15) is 0 Å². The topological polar surface area (TPSA) is 67.2 Å². The Hall–Kier alpha value is -2.70. The fourth-order valence-corrected chi connectivity index (χ4v) is 4.46. The van der Waals surface area contributed by atoms with Crippen molar-refractivity contribution in [2.24, 2.45) is 0 Å². The van der Waals surface area contributed by atoms with Crippen LogP contribution in [0.4, 0.5) is 0 Å². The monoisotopic (exact) mass is 418 g/mol. The van der Waals surface area contributed by atoms with Crippen molar-refractivity contribution in [2.45, 2.75) is 24.8 Å². The molecule has 0 aromatic heterocycles. The zero-order valence-electron chi connectivity index (χ0n) is 17.8. The van der Waals surface area contributed by atoms with Crippen LogP contribution in [0.2, 0.25) is 0 Å². The van der Waals surface area contributed by atoms with E-state index in [2.05, 4.69) is 53.4 Å². The third-order valence-corrected chi connectivity index (χ3v) is 6.28. The van der Waals surface area contributed by atoms with Crippen LogP contribution in [-0.4, -0.2) is 57.0 Å². The molecular formula is C26H30N2O3. The van der Waals surface area contributed by atoms with Crippen molar-refractivity contribution in [3.63, 3.8) is 0 Å². The third kappa shape index (κ3) is 4.65. The molecule has 0 unspecified atom stereocenters. The molecule has 0 saturated carbocycles. The minimum Gasteiger partial charge on any atom is -0.508 e. The Kier molecular flexibility index (Phi) is 6.39. The molecule has 162 valence electrons. The van der Waals surface area contributed by atoms with E-state index in [1.807, 2.05) is 17.0 Å². The maximum atomic E-state index is 11.2. The van der Waals surface area contributed by atoms with E-state index in [-0.39, 0.29) is 11.8 Å². The van der Waals surface area contributed by atoms with E-state index in [0.29, 0.717) is 18.7 Å². The number of nitrogens with zero attached hydrogens (tertiary/aromatic N) is 2. The van der Waals surface area contributed by atoms with E-state index in [4.69, 9.17) is 0 Å². The van der Waals surface area contributed by atoms with E-state index in [1.54, 1.807) is 19.1 Å². The van der Waals surface area contributed by atoms with Gasteiger partial charge in [0.15, 0.2) is 0 Å². The first-order chi connectivity index (χ1) is 15.0.